The first-order valence-electron chi connectivity index (χ1n) is 8.90. The van der Waals surface area contributed by atoms with E-state index in [2.05, 4.69) is 10.0 Å². The van der Waals surface area contributed by atoms with E-state index in [0.29, 0.717) is 11.8 Å². The Balaban J connectivity index is 1.77. The molecule has 2 aliphatic carbocycles. The van der Waals surface area contributed by atoms with Gasteiger partial charge in [-0.1, -0.05) is 6.42 Å². The van der Waals surface area contributed by atoms with Gasteiger partial charge >= 0.3 is 0 Å². The second-order valence-corrected chi connectivity index (χ2v) is 9.26. The van der Waals surface area contributed by atoms with Crippen LogP contribution in [0.2, 0.25) is 0 Å². The molecule has 1 amide bonds. The standard InChI is InChI=1S/C16H31N3O4S/c1-11(2)23-6-7-24(21,22)18-10-15(20)19-16-12-4-3-5-13(16)9-14(17)8-12/h11-14,16,18H,3-10,17H2,1-2H3,(H,19,20). The molecule has 0 radical (unpaired) electrons. The molecule has 2 fully saturated rings. The highest BCUT2D eigenvalue weighted by Crippen LogP contribution is 2.39. The molecule has 2 unspecified atom stereocenters. The van der Waals surface area contributed by atoms with E-state index < -0.39 is 10.0 Å². The first kappa shape index (κ1) is 19.6. The third-order valence-electron chi connectivity index (χ3n) is 4.96. The molecule has 2 bridgehead atoms. The van der Waals surface area contributed by atoms with Crippen molar-refractivity contribution in [3.63, 3.8) is 0 Å². The van der Waals surface area contributed by atoms with Crippen LogP contribution in [0.4, 0.5) is 0 Å². The third-order valence-corrected chi connectivity index (χ3v) is 6.25. The van der Waals surface area contributed by atoms with Crippen molar-refractivity contribution < 1.29 is 17.9 Å². The van der Waals surface area contributed by atoms with Gasteiger partial charge in [-0.3, -0.25) is 4.79 Å². The van der Waals surface area contributed by atoms with Crippen LogP contribution in [0, 0.1) is 11.8 Å². The Morgan fingerprint density at radius 1 is 1.25 bits per heavy atom. The number of sulfonamides is 1. The van der Waals surface area contributed by atoms with Crippen LogP contribution in [-0.2, 0) is 19.6 Å². The SMILES string of the molecule is CC(C)OCCS(=O)(=O)NCC(=O)NC1C2CCCC1CC(N)C2. The molecular formula is C16H31N3O4S. The van der Waals surface area contributed by atoms with E-state index >= 15 is 0 Å². The highest BCUT2D eigenvalue weighted by molar-refractivity contribution is 7.89. The molecule has 2 aliphatic rings. The topological polar surface area (TPSA) is 111 Å². The number of fused-ring (bicyclic) bond motifs is 2. The van der Waals surface area contributed by atoms with Gasteiger partial charge in [0.2, 0.25) is 15.9 Å². The number of amides is 1. The van der Waals surface area contributed by atoms with Crippen LogP contribution in [0.25, 0.3) is 0 Å². The van der Waals surface area contributed by atoms with Crippen LogP contribution in [0.15, 0.2) is 0 Å². The van der Waals surface area contributed by atoms with Crippen LogP contribution >= 0.6 is 0 Å². The predicted octanol–water partition coefficient (Wildman–Crippen LogP) is 0.353. The monoisotopic (exact) mass is 361 g/mol. The summed E-state index contributed by atoms with van der Waals surface area (Å²) in [5.41, 5.74) is 6.09. The summed E-state index contributed by atoms with van der Waals surface area (Å²) in [5.74, 6) is 0.447. The quantitative estimate of drug-likeness (QED) is 0.578. The Hall–Kier alpha value is -0.700. The van der Waals surface area contributed by atoms with Gasteiger partial charge in [-0.05, 0) is 51.4 Å². The second-order valence-electron chi connectivity index (χ2n) is 7.34. The predicted molar refractivity (Wildman–Crippen MR) is 92.8 cm³/mol. The van der Waals surface area contributed by atoms with Gasteiger partial charge in [-0.15, -0.1) is 0 Å². The fourth-order valence-corrected chi connectivity index (χ4v) is 4.71. The lowest BCUT2D eigenvalue weighted by atomic mass is 9.67. The van der Waals surface area contributed by atoms with E-state index in [1.165, 1.54) is 6.42 Å². The molecule has 0 aromatic rings. The minimum absolute atomic E-state index is 0.0134. The summed E-state index contributed by atoms with van der Waals surface area (Å²) in [5, 5.41) is 3.04. The lowest BCUT2D eigenvalue weighted by molar-refractivity contribution is -0.122. The fourth-order valence-electron chi connectivity index (χ4n) is 3.90. The van der Waals surface area contributed by atoms with Gasteiger partial charge in [0.05, 0.1) is 25.0 Å². The van der Waals surface area contributed by atoms with Gasteiger partial charge in [0.15, 0.2) is 0 Å². The minimum Gasteiger partial charge on any atom is -0.378 e. The van der Waals surface area contributed by atoms with Gasteiger partial charge < -0.3 is 15.8 Å². The smallest absolute Gasteiger partial charge is 0.235 e. The Morgan fingerprint density at radius 3 is 2.46 bits per heavy atom. The van der Waals surface area contributed by atoms with Crippen molar-refractivity contribution in [2.75, 3.05) is 18.9 Å². The zero-order valence-electron chi connectivity index (χ0n) is 14.7. The summed E-state index contributed by atoms with van der Waals surface area (Å²) in [6.45, 7) is 3.60. The molecule has 0 aromatic heterocycles. The van der Waals surface area contributed by atoms with E-state index in [4.69, 9.17) is 10.5 Å². The average molecular weight is 362 g/mol. The zero-order chi connectivity index (χ0) is 17.7. The van der Waals surface area contributed by atoms with Gasteiger partial charge in [0, 0.05) is 12.1 Å². The van der Waals surface area contributed by atoms with Crippen molar-refractivity contribution in [1.29, 1.82) is 0 Å². The number of hydrogen-bond donors (Lipinski definition) is 3. The maximum atomic E-state index is 12.2. The van der Waals surface area contributed by atoms with Gasteiger partial charge in [0.1, 0.15) is 0 Å². The molecule has 2 rings (SSSR count). The number of carbonyl (C=O) groups is 1. The number of nitrogens with one attached hydrogen (secondary N) is 2. The third kappa shape index (κ3) is 5.98. The van der Waals surface area contributed by atoms with E-state index in [1.807, 2.05) is 13.8 Å². The minimum atomic E-state index is -3.50. The van der Waals surface area contributed by atoms with Crippen LogP contribution in [0.3, 0.4) is 0 Å². The summed E-state index contributed by atoms with van der Waals surface area (Å²) in [4.78, 5) is 12.2. The van der Waals surface area contributed by atoms with Crippen LogP contribution in [0.5, 0.6) is 0 Å². The molecule has 0 spiro atoms. The first-order valence-corrected chi connectivity index (χ1v) is 10.6. The van der Waals surface area contributed by atoms with E-state index in [0.717, 1.165) is 25.7 Å². The number of ether oxygens (including phenoxy) is 1. The molecule has 0 aliphatic heterocycles. The van der Waals surface area contributed by atoms with E-state index in [1.54, 1.807) is 0 Å². The molecule has 0 aromatic carbocycles. The highest BCUT2D eigenvalue weighted by Gasteiger charge is 2.39. The van der Waals surface area contributed by atoms with Crippen molar-refractivity contribution in [2.45, 2.75) is 64.1 Å². The first-order chi connectivity index (χ1) is 11.3. The Kier molecular flexibility index (Phi) is 7.03. The van der Waals surface area contributed by atoms with Gasteiger partial charge in [0.25, 0.3) is 0 Å². The molecule has 2 atom stereocenters. The molecule has 140 valence electrons. The Bertz CT molecular complexity index is 509. The zero-order valence-corrected chi connectivity index (χ0v) is 15.5. The fraction of sp³-hybridized carbons (Fsp3) is 0.938. The van der Waals surface area contributed by atoms with Crippen molar-refractivity contribution in [3.8, 4) is 0 Å². The second kappa shape index (κ2) is 8.60. The lowest BCUT2D eigenvalue weighted by Crippen LogP contribution is -2.55. The summed E-state index contributed by atoms with van der Waals surface area (Å²) in [7, 11) is -3.50. The maximum Gasteiger partial charge on any atom is 0.235 e. The van der Waals surface area contributed by atoms with Crippen molar-refractivity contribution in [2.24, 2.45) is 17.6 Å². The lowest BCUT2D eigenvalue weighted by Gasteiger charge is -2.45. The normalized spacial score (nSPS) is 30.3. The van der Waals surface area contributed by atoms with Crippen LogP contribution in [0.1, 0.15) is 46.0 Å². The Labute approximate surface area is 145 Å². The molecule has 0 saturated heterocycles. The molecule has 24 heavy (non-hydrogen) atoms. The molecule has 2 saturated carbocycles. The number of carbonyl (C=O) groups excluding carboxylic acids is 1. The number of rotatable bonds is 8. The molecule has 4 N–H and O–H groups in total. The molecule has 7 nitrogen and oxygen atoms in total. The van der Waals surface area contributed by atoms with Crippen LogP contribution < -0.4 is 15.8 Å². The largest absolute Gasteiger partial charge is 0.378 e. The van der Waals surface area contributed by atoms with Crippen molar-refractivity contribution in [1.82, 2.24) is 10.0 Å². The summed E-state index contributed by atoms with van der Waals surface area (Å²) in [6.07, 6.45) is 5.25. The molecule has 0 heterocycles. The summed E-state index contributed by atoms with van der Waals surface area (Å²) < 4.78 is 31.3. The van der Waals surface area contributed by atoms with Gasteiger partial charge in [-0.25, -0.2) is 13.1 Å². The van der Waals surface area contributed by atoms with Crippen LogP contribution in [-0.4, -0.2) is 51.4 Å². The maximum absolute atomic E-state index is 12.2. The Morgan fingerprint density at radius 2 is 1.88 bits per heavy atom. The number of hydrogen-bond acceptors (Lipinski definition) is 5. The average Bonchev–Trinajstić information content (AvgIpc) is 2.46. The number of nitrogens with two attached hydrogens (primary N) is 1. The molecular weight excluding hydrogens is 330 g/mol. The highest BCUT2D eigenvalue weighted by atomic mass is 32.2. The van der Waals surface area contributed by atoms with E-state index in [-0.39, 0.29) is 43.0 Å². The van der Waals surface area contributed by atoms with Crippen molar-refractivity contribution >= 4 is 15.9 Å². The summed E-state index contributed by atoms with van der Waals surface area (Å²) in [6, 6.07) is 0.368. The summed E-state index contributed by atoms with van der Waals surface area (Å²) >= 11 is 0. The van der Waals surface area contributed by atoms with E-state index in [9.17, 15) is 13.2 Å². The molecule has 8 heteroatoms. The van der Waals surface area contributed by atoms with Gasteiger partial charge in [-0.2, -0.15) is 0 Å². The van der Waals surface area contributed by atoms with Crippen molar-refractivity contribution in [3.05, 3.63) is 0 Å².